The molecule has 7 heteroatoms. The number of ether oxygens (including phenoxy) is 1. The molecule has 0 unspecified atom stereocenters. The number of aliphatic hydroxyl groups is 1. The van der Waals surface area contributed by atoms with Crippen molar-refractivity contribution in [3.63, 3.8) is 0 Å². The van der Waals surface area contributed by atoms with Gasteiger partial charge in [0, 0.05) is 11.6 Å². The Kier molecular flexibility index (Phi) is 4.68. The van der Waals surface area contributed by atoms with Crippen LogP contribution in [-0.2, 0) is 6.61 Å². The molecule has 0 atom stereocenters. The predicted molar refractivity (Wildman–Crippen MR) is 102 cm³/mol. The Morgan fingerprint density at radius 2 is 2.18 bits per heavy atom. The van der Waals surface area contributed by atoms with Gasteiger partial charge in [-0.1, -0.05) is 0 Å². The van der Waals surface area contributed by atoms with E-state index in [9.17, 15) is 15.0 Å². The number of hydrogen-bond donors (Lipinski definition) is 3. The number of hydrogen-bond acceptors (Lipinski definition) is 6. The average molecular weight is 382 g/mol. The quantitative estimate of drug-likeness (QED) is 0.605. The molecule has 7 nitrogen and oxygen atoms in total. The third-order valence-corrected chi connectivity index (χ3v) is 5.32. The molecule has 146 valence electrons. The van der Waals surface area contributed by atoms with Crippen LogP contribution in [0.4, 0.5) is 0 Å². The molecule has 3 aromatic rings. The summed E-state index contributed by atoms with van der Waals surface area (Å²) < 4.78 is 11.5. The highest BCUT2D eigenvalue weighted by Crippen LogP contribution is 2.34. The van der Waals surface area contributed by atoms with Crippen LogP contribution in [0, 0.1) is 6.92 Å². The number of pyridine rings is 1. The molecule has 1 amide bonds. The molecule has 28 heavy (non-hydrogen) atoms. The van der Waals surface area contributed by atoms with Gasteiger partial charge >= 0.3 is 0 Å². The summed E-state index contributed by atoms with van der Waals surface area (Å²) in [6, 6.07) is 8.71. The number of aryl methyl sites for hydroxylation is 1. The molecule has 1 aromatic carbocycles. The largest absolute Gasteiger partial charge is 0.493 e. The number of fused-ring (bicyclic) bond motifs is 1. The van der Waals surface area contributed by atoms with E-state index >= 15 is 0 Å². The van der Waals surface area contributed by atoms with Crippen molar-refractivity contribution in [2.24, 2.45) is 0 Å². The normalized spacial score (nSPS) is 15.2. The first-order chi connectivity index (χ1) is 13.5. The fourth-order valence-corrected chi connectivity index (χ4v) is 3.50. The van der Waals surface area contributed by atoms with Crippen molar-refractivity contribution < 1.29 is 24.2 Å². The fourth-order valence-electron chi connectivity index (χ4n) is 3.50. The van der Waals surface area contributed by atoms with E-state index < -0.39 is 5.54 Å². The van der Waals surface area contributed by atoms with Gasteiger partial charge in [0.25, 0.3) is 5.91 Å². The predicted octanol–water partition coefficient (Wildman–Crippen LogP) is 3.07. The molecule has 2 aromatic heterocycles. The number of nitrogens with zero attached hydrogens (tertiary/aromatic N) is 1. The molecule has 0 aliphatic heterocycles. The smallest absolute Gasteiger partial charge is 0.255 e. The summed E-state index contributed by atoms with van der Waals surface area (Å²) in [4.78, 5) is 16.7. The third-order valence-electron chi connectivity index (χ3n) is 5.32. The van der Waals surface area contributed by atoms with Gasteiger partial charge in [-0.05, 0) is 56.5 Å². The standard InChI is InChI=1S/C21H22N2O5/c1-13-18(20(26)23-21(12-24)7-3-8-21)16-10-15(5-6-17(16)28-13)27-11-14-4-2-9-22-19(14)25/h2,4-6,9-10,24H,3,7-8,11-12H2,1H3,(H,22,25)(H,23,26). The summed E-state index contributed by atoms with van der Waals surface area (Å²) >= 11 is 0. The minimum absolute atomic E-state index is 0.0717. The van der Waals surface area contributed by atoms with Gasteiger partial charge in [-0.15, -0.1) is 0 Å². The van der Waals surface area contributed by atoms with Crippen molar-refractivity contribution >= 4 is 16.9 Å². The minimum Gasteiger partial charge on any atom is -0.493 e. The van der Waals surface area contributed by atoms with E-state index in [1.807, 2.05) is 0 Å². The van der Waals surface area contributed by atoms with E-state index in [-0.39, 0.29) is 25.0 Å². The Hall–Kier alpha value is -3.06. The van der Waals surface area contributed by atoms with Crippen LogP contribution in [-0.4, -0.2) is 33.3 Å². The summed E-state index contributed by atoms with van der Waals surface area (Å²) in [5, 5.41) is 23.0. The maximum Gasteiger partial charge on any atom is 0.255 e. The van der Waals surface area contributed by atoms with Crippen LogP contribution in [0.3, 0.4) is 0 Å². The molecule has 1 aliphatic rings. The zero-order valence-corrected chi connectivity index (χ0v) is 15.6. The van der Waals surface area contributed by atoms with Crippen LogP contribution in [0.25, 0.3) is 11.0 Å². The first-order valence-corrected chi connectivity index (χ1v) is 9.23. The fraction of sp³-hybridized carbons (Fsp3) is 0.333. The summed E-state index contributed by atoms with van der Waals surface area (Å²) in [6.07, 6.45) is 4.04. The Morgan fingerprint density at radius 3 is 2.86 bits per heavy atom. The highest BCUT2D eigenvalue weighted by molar-refractivity contribution is 6.07. The van der Waals surface area contributed by atoms with Crippen molar-refractivity contribution in [2.75, 3.05) is 6.61 Å². The summed E-state index contributed by atoms with van der Waals surface area (Å²) in [5.74, 6) is 0.734. The molecule has 0 spiro atoms. The molecule has 0 radical (unpaired) electrons. The first kappa shape index (κ1) is 18.3. The molecule has 1 fully saturated rings. The Balaban J connectivity index is 1.59. The lowest BCUT2D eigenvalue weighted by Gasteiger charge is -2.40. The lowest BCUT2D eigenvalue weighted by molar-refractivity contribution is 0.0641. The lowest BCUT2D eigenvalue weighted by atomic mass is 9.77. The van der Waals surface area contributed by atoms with Crippen LogP contribution in [0.1, 0.15) is 40.9 Å². The van der Waals surface area contributed by atoms with E-state index in [1.54, 1.807) is 37.3 Å². The maximum absolute atomic E-state index is 12.9. The van der Waals surface area contributed by atoms with Crippen molar-refractivity contribution in [1.29, 1.82) is 0 Å². The van der Waals surface area contributed by atoms with Crippen LogP contribution >= 0.6 is 0 Å². The zero-order valence-electron chi connectivity index (χ0n) is 15.6. The lowest BCUT2D eigenvalue weighted by Crippen LogP contribution is -2.56. The maximum atomic E-state index is 12.9. The van der Waals surface area contributed by atoms with E-state index in [0.29, 0.717) is 33.6 Å². The van der Waals surface area contributed by atoms with Crippen LogP contribution < -0.4 is 10.1 Å². The number of carbonyl (C=O) groups is 1. The van der Waals surface area contributed by atoms with Gasteiger partial charge in [-0.25, -0.2) is 4.98 Å². The Labute approximate surface area is 162 Å². The van der Waals surface area contributed by atoms with Crippen molar-refractivity contribution in [3.8, 4) is 11.6 Å². The van der Waals surface area contributed by atoms with E-state index in [0.717, 1.165) is 19.3 Å². The number of furan rings is 1. The molecule has 2 heterocycles. The minimum atomic E-state index is -0.529. The second-order valence-electron chi connectivity index (χ2n) is 7.21. The number of benzene rings is 1. The highest BCUT2D eigenvalue weighted by atomic mass is 16.5. The second-order valence-corrected chi connectivity index (χ2v) is 7.21. The van der Waals surface area contributed by atoms with Gasteiger partial charge in [0.05, 0.1) is 23.3 Å². The van der Waals surface area contributed by atoms with E-state index in [4.69, 9.17) is 9.15 Å². The molecule has 0 bridgehead atoms. The molecule has 1 aliphatic carbocycles. The van der Waals surface area contributed by atoms with Gasteiger partial charge < -0.3 is 24.7 Å². The van der Waals surface area contributed by atoms with Crippen LogP contribution in [0.15, 0.2) is 40.9 Å². The Bertz CT molecular complexity index is 1020. The van der Waals surface area contributed by atoms with Gasteiger partial charge in [0.2, 0.25) is 5.88 Å². The number of amides is 1. The summed E-state index contributed by atoms with van der Waals surface area (Å²) in [6.45, 7) is 1.82. The van der Waals surface area contributed by atoms with Crippen molar-refractivity contribution in [2.45, 2.75) is 38.3 Å². The second kappa shape index (κ2) is 7.16. The molecule has 1 saturated carbocycles. The molecule has 4 rings (SSSR count). The van der Waals surface area contributed by atoms with Crippen molar-refractivity contribution in [1.82, 2.24) is 10.3 Å². The van der Waals surface area contributed by atoms with E-state index in [1.165, 1.54) is 6.20 Å². The third kappa shape index (κ3) is 3.29. The molecule has 3 N–H and O–H groups in total. The number of rotatable bonds is 6. The molecule has 0 saturated heterocycles. The van der Waals surface area contributed by atoms with Gasteiger partial charge in [-0.2, -0.15) is 0 Å². The number of aromatic hydroxyl groups is 1. The monoisotopic (exact) mass is 382 g/mol. The summed E-state index contributed by atoms with van der Waals surface area (Å²) in [5.41, 5.74) is 1.08. The summed E-state index contributed by atoms with van der Waals surface area (Å²) in [7, 11) is 0. The van der Waals surface area contributed by atoms with Crippen LogP contribution in [0.2, 0.25) is 0 Å². The number of aliphatic hydroxyl groups excluding tert-OH is 1. The Morgan fingerprint density at radius 1 is 1.36 bits per heavy atom. The number of carbonyl (C=O) groups excluding carboxylic acids is 1. The topological polar surface area (TPSA) is 105 Å². The van der Waals surface area contributed by atoms with E-state index in [2.05, 4.69) is 10.3 Å². The average Bonchev–Trinajstić information content (AvgIpc) is 2.99. The van der Waals surface area contributed by atoms with Gasteiger partial charge in [0.15, 0.2) is 0 Å². The van der Waals surface area contributed by atoms with Gasteiger partial charge in [-0.3, -0.25) is 4.79 Å². The zero-order chi connectivity index (χ0) is 19.7. The van der Waals surface area contributed by atoms with Crippen molar-refractivity contribution in [3.05, 3.63) is 53.4 Å². The highest BCUT2D eigenvalue weighted by Gasteiger charge is 2.38. The number of nitrogens with one attached hydrogen (secondary N) is 1. The molecular weight excluding hydrogens is 360 g/mol. The molecular formula is C21H22N2O5. The number of aromatic nitrogens is 1. The first-order valence-electron chi connectivity index (χ1n) is 9.23. The SMILES string of the molecule is Cc1oc2ccc(OCc3cccnc3O)cc2c1C(=O)NC1(CO)CCC1. The van der Waals surface area contributed by atoms with Crippen LogP contribution in [0.5, 0.6) is 11.6 Å². The van der Waals surface area contributed by atoms with Gasteiger partial charge in [0.1, 0.15) is 23.7 Å².